The van der Waals surface area contributed by atoms with Gasteiger partial charge in [0.2, 0.25) is 0 Å². The van der Waals surface area contributed by atoms with Crippen molar-refractivity contribution < 1.29 is 0 Å². The van der Waals surface area contributed by atoms with E-state index < -0.39 is 0 Å². The number of unbranched alkanes of at least 4 members (excludes halogenated alkanes) is 8. The normalized spacial score (nSPS) is 15.0. The first-order valence-corrected chi connectivity index (χ1v) is 11.2. The van der Waals surface area contributed by atoms with Gasteiger partial charge in [-0.05, 0) is 36.2 Å². The summed E-state index contributed by atoms with van der Waals surface area (Å²) in [7, 11) is 0. The van der Waals surface area contributed by atoms with Gasteiger partial charge in [0.25, 0.3) is 0 Å². The van der Waals surface area contributed by atoms with Crippen LogP contribution in [0.4, 0.5) is 0 Å². The molecule has 0 heteroatoms. The Morgan fingerprint density at radius 3 is 1.84 bits per heavy atom. The lowest BCUT2D eigenvalue weighted by Gasteiger charge is -2.36. The average molecular weight is 345 g/mol. The summed E-state index contributed by atoms with van der Waals surface area (Å²) >= 11 is 0. The van der Waals surface area contributed by atoms with E-state index in [1.54, 1.807) is 0 Å². The van der Waals surface area contributed by atoms with Crippen molar-refractivity contribution >= 4 is 0 Å². The minimum atomic E-state index is 0.506. The molecule has 2 unspecified atom stereocenters. The monoisotopic (exact) mass is 344 g/mol. The van der Waals surface area contributed by atoms with E-state index >= 15 is 0 Å². The van der Waals surface area contributed by atoms with Crippen LogP contribution in [0, 0.1) is 11.3 Å². The lowest BCUT2D eigenvalue weighted by atomic mass is 9.69. The van der Waals surface area contributed by atoms with Crippen LogP contribution < -0.4 is 0 Å². The molecule has 0 N–H and O–H groups in total. The van der Waals surface area contributed by atoms with E-state index in [2.05, 4.69) is 58.0 Å². The van der Waals surface area contributed by atoms with E-state index in [9.17, 15) is 0 Å². The zero-order chi connectivity index (χ0) is 18.4. The van der Waals surface area contributed by atoms with E-state index in [-0.39, 0.29) is 0 Å². The second-order valence-corrected chi connectivity index (χ2v) is 8.57. The van der Waals surface area contributed by atoms with Crippen LogP contribution in [0.3, 0.4) is 0 Å². The Balaban J connectivity index is 2.29. The van der Waals surface area contributed by atoms with Gasteiger partial charge in [-0.3, -0.25) is 0 Å². The summed E-state index contributed by atoms with van der Waals surface area (Å²) in [5.74, 6) is 0.767. The van der Waals surface area contributed by atoms with Gasteiger partial charge in [-0.15, -0.1) is 0 Å². The van der Waals surface area contributed by atoms with Gasteiger partial charge < -0.3 is 0 Å². The van der Waals surface area contributed by atoms with Crippen molar-refractivity contribution in [3.8, 4) is 0 Å². The van der Waals surface area contributed by atoms with Crippen LogP contribution in [0.2, 0.25) is 0 Å². The SMILES string of the molecule is CCCCCCCCCCCC(C)(CCC)C(C)Cc1ccccc1. The van der Waals surface area contributed by atoms with Gasteiger partial charge in [-0.25, -0.2) is 0 Å². The lowest BCUT2D eigenvalue weighted by Crippen LogP contribution is -2.27. The highest BCUT2D eigenvalue weighted by Crippen LogP contribution is 2.39. The second-order valence-electron chi connectivity index (χ2n) is 8.57. The molecule has 1 aromatic rings. The predicted molar refractivity (Wildman–Crippen MR) is 114 cm³/mol. The van der Waals surface area contributed by atoms with Crippen LogP contribution in [0.25, 0.3) is 0 Å². The third kappa shape index (κ3) is 9.47. The molecular weight excluding hydrogens is 300 g/mol. The smallest absolute Gasteiger partial charge is 0.0248 e. The molecule has 25 heavy (non-hydrogen) atoms. The van der Waals surface area contributed by atoms with Gasteiger partial charge in [0.1, 0.15) is 0 Å². The Kier molecular flexibility index (Phi) is 12.0. The first-order valence-electron chi connectivity index (χ1n) is 11.2. The number of benzene rings is 1. The molecule has 0 amide bonds. The summed E-state index contributed by atoms with van der Waals surface area (Å²) < 4.78 is 0. The van der Waals surface area contributed by atoms with Crippen LogP contribution in [-0.2, 0) is 6.42 Å². The average Bonchev–Trinajstić information content (AvgIpc) is 2.61. The van der Waals surface area contributed by atoms with Gasteiger partial charge in [0, 0.05) is 0 Å². The minimum absolute atomic E-state index is 0.506. The van der Waals surface area contributed by atoms with Gasteiger partial charge >= 0.3 is 0 Å². The molecule has 0 fully saturated rings. The number of rotatable bonds is 15. The predicted octanol–water partition coefficient (Wildman–Crippen LogP) is 8.59. The fraction of sp³-hybridized carbons (Fsp3) is 0.760. The van der Waals surface area contributed by atoms with Gasteiger partial charge in [0.15, 0.2) is 0 Å². The Morgan fingerprint density at radius 1 is 0.720 bits per heavy atom. The maximum atomic E-state index is 2.55. The number of hydrogen-bond donors (Lipinski definition) is 0. The van der Waals surface area contributed by atoms with Gasteiger partial charge in [0.05, 0.1) is 0 Å². The molecule has 0 aromatic heterocycles. The maximum Gasteiger partial charge on any atom is -0.0248 e. The summed E-state index contributed by atoms with van der Waals surface area (Å²) in [6.45, 7) is 9.68. The van der Waals surface area contributed by atoms with Crippen LogP contribution in [0.15, 0.2) is 30.3 Å². The molecule has 1 aromatic carbocycles. The molecule has 0 spiro atoms. The first kappa shape index (κ1) is 22.3. The molecule has 0 bridgehead atoms. The van der Waals surface area contributed by atoms with Gasteiger partial charge in [-0.1, -0.05) is 122 Å². The first-order chi connectivity index (χ1) is 12.1. The van der Waals surface area contributed by atoms with Crippen LogP contribution in [0.5, 0.6) is 0 Å². The molecule has 0 aliphatic heterocycles. The Hall–Kier alpha value is -0.780. The van der Waals surface area contributed by atoms with Crippen LogP contribution in [-0.4, -0.2) is 0 Å². The Bertz CT molecular complexity index is 407. The minimum Gasteiger partial charge on any atom is -0.0654 e. The van der Waals surface area contributed by atoms with E-state index in [0.717, 1.165) is 5.92 Å². The van der Waals surface area contributed by atoms with E-state index in [0.29, 0.717) is 5.41 Å². The van der Waals surface area contributed by atoms with Gasteiger partial charge in [-0.2, -0.15) is 0 Å². The van der Waals surface area contributed by atoms with Crippen LogP contribution >= 0.6 is 0 Å². The third-order valence-electron chi connectivity index (χ3n) is 6.25. The van der Waals surface area contributed by atoms with Crippen molar-refractivity contribution in [2.24, 2.45) is 11.3 Å². The third-order valence-corrected chi connectivity index (χ3v) is 6.25. The van der Waals surface area contributed by atoms with Crippen LogP contribution in [0.1, 0.15) is 110 Å². The second kappa shape index (κ2) is 13.4. The van der Waals surface area contributed by atoms with Crippen molar-refractivity contribution in [1.29, 1.82) is 0 Å². The molecule has 1 rings (SSSR count). The summed E-state index contributed by atoms with van der Waals surface area (Å²) in [4.78, 5) is 0. The molecule has 0 aliphatic rings. The summed E-state index contributed by atoms with van der Waals surface area (Å²) in [5.41, 5.74) is 2.01. The highest BCUT2D eigenvalue weighted by atomic mass is 14.3. The maximum absolute atomic E-state index is 2.55. The molecule has 2 atom stereocenters. The highest BCUT2D eigenvalue weighted by molar-refractivity contribution is 5.15. The molecule has 0 aliphatic carbocycles. The molecule has 0 saturated carbocycles. The molecular formula is C25H44. The summed E-state index contributed by atoms with van der Waals surface area (Å²) in [6.07, 6.45) is 18.2. The standard InChI is InChI=1S/C25H44/c1-5-7-8-9-10-11-12-13-17-21-25(4,20-6-2)23(3)22-24-18-15-14-16-19-24/h14-16,18-19,23H,5-13,17,20-22H2,1-4H3. The lowest BCUT2D eigenvalue weighted by molar-refractivity contribution is 0.158. The highest BCUT2D eigenvalue weighted by Gasteiger charge is 2.29. The molecule has 0 radical (unpaired) electrons. The molecule has 0 nitrogen and oxygen atoms in total. The zero-order valence-electron chi connectivity index (χ0n) is 17.7. The fourth-order valence-corrected chi connectivity index (χ4v) is 4.24. The summed E-state index contributed by atoms with van der Waals surface area (Å²) in [6, 6.07) is 11.1. The van der Waals surface area contributed by atoms with Crippen molar-refractivity contribution in [2.75, 3.05) is 0 Å². The van der Waals surface area contributed by atoms with E-state index in [1.165, 1.54) is 89.0 Å². The zero-order valence-corrected chi connectivity index (χ0v) is 17.7. The Morgan fingerprint density at radius 2 is 1.28 bits per heavy atom. The van der Waals surface area contributed by atoms with Crippen molar-refractivity contribution in [1.82, 2.24) is 0 Å². The summed E-state index contributed by atoms with van der Waals surface area (Å²) in [5, 5.41) is 0. The van der Waals surface area contributed by atoms with Crippen molar-refractivity contribution in [2.45, 2.75) is 111 Å². The van der Waals surface area contributed by atoms with E-state index in [1.807, 2.05) is 0 Å². The van der Waals surface area contributed by atoms with E-state index in [4.69, 9.17) is 0 Å². The number of hydrogen-bond acceptors (Lipinski definition) is 0. The topological polar surface area (TPSA) is 0 Å². The Labute approximate surface area is 158 Å². The fourth-order valence-electron chi connectivity index (χ4n) is 4.24. The molecule has 0 heterocycles. The van der Waals surface area contributed by atoms with Crippen molar-refractivity contribution in [3.05, 3.63) is 35.9 Å². The largest absolute Gasteiger partial charge is 0.0654 e. The quantitative estimate of drug-likeness (QED) is 0.279. The molecule has 144 valence electrons. The van der Waals surface area contributed by atoms with Crippen molar-refractivity contribution in [3.63, 3.8) is 0 Å². The molecule has 0 saturated heterocycles.